The summed E-state index contributed by atoms with van der Waals surface area (Å²) < 4.78 is 10.6. The van der Waals surface area contributed by atoms with Crippen molar-refractivity contribution in [2.75, 3.05) is 11.9 Å². The molecule has 1 aliphatic carbocycles. The van der Waals surface area contributed by atoms with Crippen LogP contribution >= 0.6 is 12.4 Å². The number of rotatable bonds is 2. The molecule has 1 amide bonds. The average molecular weight is 323 g/mol. The Hall–Kier alpha value is -2.12. The number of hydrogen-bond donors (Lipinski definition) is 2. The van der Waals surface area contributed by atoms with Crippen molar-refractivity contribution >= 4 is 24.0 Å². The van der Waals surface area contributed by atoms with E-state index in [0.29, 0.717) is 23.2 Å². The van der Waals surface area contributed by atoms with Crippen LogP contribution in [0.2, 0.25) is 0 Å². The normalized spacial score (nSPS) is 18.3. The summed E-state index contributed by atoms with van der Waals surface area (Å²) in [5.74, 6) is 1.39. The van der Waals surface area contributed by atoms with Crippen LogP contribution in [0, 0.1) is 0 Å². The maximum absolute atomic E-state index is 11.4. The quantitative estimate of drug-likeness (QED) is 0.874. The fourth-order valence-electron chi connectivity index (χ4n) is 2.54. The van der Waals surface area contributed by atoms with Gasteiger partial charge in [0.25, 0.3) is 11.8 Å². The van der Waals surface area contributed by atoms with Crippen LogP contribution in [-0.4, -0.2) is 22.7 Å². The fraction of sp³-hybridized carbons (Fsp3) is 0.357. The number of anilines is 1. The van der Waals surface area contributed by atoms with Gasteiger partial charge in [-0.05, 0) is 37.5 Å². The molecular weight excluding hydrogens is 308 g/mol. The maximum Gasteiger partial charge on any atom is 0.262 e. The van der Waals surface area contributed by atoms with Gasteiger partial charge in [-0.1, -0.05) is 5.16 Å². The number of nitrogens with one attached hydrogen (secondary N) is 1. The monoisotopic (exact) mass is 322 g/mol. The average Bonchev–Trinajstić information content (AvgIpc) is 2.94. The molecule has 0 spiro atoms. The predicted molar refractivity (Wildman–Crippen MR) is 80.8 cm³/mol. The van der Waals surface area contributed by atoms with E-state index < -0.39 is 5.54 Å². The predicted octanol–water partition coefficient (Wildman–Crippen LogP) is 1.83. The minimum atomic E-state index is -0.451. The van der Waals surface area contributed by atoms with Crippen LogP contribution < -0.4 is 15.8 Å². The van der Waals surface area contributed by atoms with Crippen molar-refractivity contribution in [1.29, 1.82) is 0 Å². The molecule has 116 valence electrons. The van der Waals surface area contributed by atoms with E-state index in [1.807, 2.05) is 6.07 Å². The Bertz CT molecular complexity index is 727. The molecule has 1 saturated carbocycles. The second-order valence-corrected chi connectivity index (χ2v) is 5.48. The summed E-state index contributed by atoms with van der Waals surface area (Å²) in [7, 11) is 0. The van der Waals surface area contributed by atoms with E-state index in [-0.39, 0.29) is 24.9 Å². The molecule has 1 aromatic heterocycles. The Morgan fingerprint density at radius 3 is 2.86 bits per heavy atom. The molecule has 2 aromatic rings. The molecule has 22 heavy (non-hydrogen) atoms. The van der Waals surface area contributed by atoms with Gasteiger partial charge in [0, 0.05) is 5.56 Å². The number of fused-ring (bicyclic) bond motifs is 1. The summed E-state index contributed by atoms with van der Waals surface area (Å²) in [6.07, 6.45) is 2.84. The van der Waals surface area contributed by atoms with Crippen LogP contribution in [0.4, 0.5) is 5.69 Å². The first-order valence-corrected chi connectivity index (χ1v) is 6.84. The number of ether oxygens (including phenoxy) is 1. The minimum absolute atomic E-state index is 0. The highest BCUT2D eigenvalue weighted by Gasteiger charge is 2.39. The van der Waals surface area contributed by atoms with Gasteiger partial charge in [0.15, 0.2) is 12.4 Å². The number of nitrogens with zero attached hydrogens (tertiary/aromatic N) is 2. The highest BCUT2D eigenvalue weighted by molar-refractivity contribution is 5.96. The van der Waals surface area contributed by atoms with Crippen molar-refractivity contribution in [2.24, 2.45) is 5.73 Å². The van der Waals surface area contributed by atoms with Gasteiger partial charge in [0.2, 0.25) is 0 Å². The molecule has 2 heterocycles. The SMILES string of the molecule is Cl.NC1(c2noc(-c3ccc4c(c3)NC(=O)CO4)n2)CCC1. The minimum Gasteiger partial charge on any atom is -0.482 e. The number of nitrogens with two attached hydrogens (primary N) is 1. The summed E-state index contributed by atoms with van der Waals surface area (Å²) in [6, 6.07) is 5.35. The van der Waals surface area contributed by atoms with Gasteiger partial charge >= 0.3 is 0 Å². The lowest BCUT2D eigenvalue weighted by Crippen LogP contribution is -2.44. The van der Waals surface area contributed by atoms with Gasteiger partial charge in [0.1, 0.15) is 5.75 Å². The molecule has 1 aromatic carbocycles. The molecule has 2 aliphatic rings. The first-order chi connectivity index (χ1) is 10.1. The number of carbonyl (C=O) groups excluding carboxylic acids is 1. The Labute approximate surface area is 132 Å². The third-order valence-electron chi connectivity index (χ3n) is 3.98. The largest absolute Gasteiger partial charge is 0.482 e. The topological polar surface area (TPSA) is 103 Å². The molecule has 0 unspecified atom stereocenters. The summed E-state index contributed by atoms with van der Waals surface area (Å²) in [6.45, 7) is 0.0345. The van der Waals surface area contributed by atoms with Gasteiger partial charge in [-0.3, -0.25) is 4.79 Å². The highest BCUT2D eigenvalue weighted by Crippen LogP contribution is 2.38. The van der Waals surface area contributed by atoms with E-state index >= 15 is 0 Å². The highest BCUT2D eigenvalue weighted by atomic mass is 35.5. The molecule has 0 saturated heterocycles. The Morgan fingerprint density at radius 1 is 1.32 bits per heavy atom. The Kier molecular flexibility index (Phi) is 3.54. The molecule has 4 rings (SSSR count). The van der Waals surface area contributed by atoms with Gasteiger partial charge < -0.3 is 20.3 Å². The lowest BCUT2D eigenvalue weighted by molar-refractivity contribution is -0.118. The van der Waals surface area contributed by atoms with E-state index in [0.717, 1.165) is 24.8 Å². The van der Waals surface area contributed by atoms with E-state index in [9.17, 15) is 4.79 Å². The summed E-state index contributed by atoms with van der Waals surface area (Å²) in [5.41, 5.74) is 7.06. The van der Waals surface area contributed by atoms with Crippen LogP contribution in [0.3, 0.4) is 0 Å². The maximum atomic E-state index is 11.4. The van der Waals surface area contributed by atoms with Crippen molar-refractivity contribution in [3.63, 3.8) is 0 Å². The standard InChI is InChI=1S/C14H14N4O3.ClH/c15-14(4-1-5-14)13-17-12(21-18-13)8-2-3-10-9(6-8)16-11(19)7-20-10;/h2-3,6H,1,4-5,7,15H2,(H,16,19);1H. The number of benzene rings is 1. The summed E-state index contributed by atoms with van der Waals surface area (Å²) >= 11 is 0. The lowest BCUT2D eigenvalue weighted by atomic mass is 9.77. The molecule has 1 aliphatic heterocycles. The Morgan fingerprint density at radius 2 is 2.14 bits per heavy atom. The number of halogens is 1. The van der Waals surface area contributed by atoms with Crippen molar-refractivity contribution in [3.8, 4) is 17.2 Å². The second-order valence-electron chi connectivity index (χ2n) is 5.48. The molecule has 8 heteroatoms. The molecule has 0 atom stereocenters. The third-order valence-corrected chi connectivity index (χ3v) is 3.98. The van der Waals surface area contributed by atoms with Crippen molar-refractivity contribution in [2.45, 2.75) is 24.8 Å². The van der Waals surface area contributed by atoms with E-state index in [1.54, 1.807) is 12.1 Å². The summed E-state index contributed by atoms with van der Waals surface area (Å²) in [4.78, 5) is 15.7. The number of aromatic nitrogens is 2. The zero-order valence-electron chi connectivity index (χ0n) is 11.7. The smallest absolute Gasteiger partial charge is 0.262 e. The Balaban J connectivity index is 0.00000144. The van der Waals surface area contributed by atoms with E-state index in [2.05, 4.69) is 15.5 Å². The number of amides is 1. The molecule has 0 radical (unpaired) electrons. The van der Waals surface area contributed by atoms with Crippen LogP contribution in [0.1, 0.15) is 25.1 Å². The second kappa shape index (κ2) is 5.26. The number of hydrogen-bond acceptors (Lipinski definition) is 6. The molecule has 3 N–H and O–H groups in total. The van der Waals surface area contributed by atoms with Gasteiger partial charge in [-0.15, -0.1) is 12.4 Å². The first kappa shape index (κ1) is 14.8. The van der Waals surface area contributed by atoms with Crippen LogP contribution in [0.15, 0.2) is 22.7 Å². The van der Waals surface area contributed by atoms with Crippen LogP contribution in [-0.2, 0) is 10.3 Å². The first-order valence-electron chi connectivity index (χ1n) is 6.84. The zero-order chi connectivity index (χ0) is 14.4. The molecule has 7 nitrogen and oxygen atoms in total. The van der Waals surface area contributed by atoms with Crippen molar-refractivity contribution in [3.05, 3.63) is 24.0 Å². The van der Waals surface area contributed by atoms with Crippen molar-refractivity contribution < 1.29 is 14.1 Å². The summed E-state index contributed by atoms with van der Waals surface area (Å²) in [5, 5.41) is 6.73. The zero-order valence-corrected chi connectivity index (χ0v) is 12.5. The van der Waals surface area contributed by atoms with Gasteiger partial charge in [-0.25, -0.2) is 0 Å². The fourth-order valence-corrected chi connectivity index (χ4v) is 2.54. The van der Waals surface area contributed by atoms with E-state index in [1.165, 1.54) is 0 Å². The lowest BCUT2D eigenvalue weighted by Gasteiger charge is -2.34. The van der Waals surface area contributed by atoms with Crippen LogP contribution in [0.25, 0.3) is 11.5 Å². The molecular formula is C14H15ClN4O3. The molecule has 0 bridgehead atoms. The molecule has 1 fully saturated rings. The number of carbonyl (C=O) groups is 1. The van der Waals surface area contributed by atoms with Crippen LogP contribution in [0.5, 0.6) is 5.75 Å². The van der Waals surface area contributed by atoms with E-state index in [4.69, 9.17) is 15.0 Å². The van der Waals surface area contributed by atoms with Gasteiger partial charge in [0.05, 0.1) is 11.2 Å². The third kappa shape index (κ3) is 2.32. The van der Waals surface area contributed by atoms with Crippen molar-refractivity contribution in [1.82, 2.24) is 10.1 Å². The van der Waals surface area contributed by atoms with Gasteiger partial charge in [-0.2, -0.15) is 4.98 Å².